The lowest BCUT2D eigenvalue weighted by atomic mass is 10.0. The number of ether oxygens (including phenoxy) is 1. The number of benzene rings is 2. The van der Waals surface area contributed by atoms with Gasteiger partial charge in [0.2, 0.25) is 5.91 Å². The van der Waals surface area contributed by atoms with Crippen LogP contribution in [0.1, 0.15) is 69.3 Å². The maximum Gasteiger partial charge on any atom is 0.414 e. The van der Waals surface area contributed by atoms with Gasteiger partial charge in [0.15, 0.2) is 0 Å². The third-order valence-corrected chi connectivity index (χ3v) is 6.52. The average molecular weight is 586 g/mol. The quantitative estimate of drug-likeness (QED) is 0.184. The lowest BCUT2D eigenvalue weighted by Crippen LogP contribution is -2.50. The van der Waals surface area contributed by atoms with Gasteiger partial charge in [0, 0.05) is 25.1 Å². The number of aliphatic carboxylic acids is 2. The molecule has 0 saturated carbocycles. The number of unbranched alkanes of at least 4 members (excludes halogenated alkanes) is 1. The Kier molecular flexibility index (Phi) is 18.0. The normalized spacial score (nSPS) is 11.2. The molecule has 0 saturated heterocycles. The minimum absolute atomic E-state index is 0.0310. The second-order valence-corrected chi connectivity index (χ2v) is 9.76. The predicted octanol–water partition coefficient (Wildman–Crippen LogP) is 4.33. The van der Waals surface area contributed by atoms with Gasteiger partial charge in [-0.05, 0) is 75.1 Å². The van der Waals surface area contributed by atoms with Gasteiger partial charge in [0.25, 0.3) is 5.91 Å². The summed E-state index contributed by atoms with van der Waals surface area (Å²) in [5.41, 5.74) is 1.54. The molecule has 0 heterocycles. The Morgan fingerprint density at radius 1 is 0.786 bits per heavy atom. The highest BCUT2D eigenvalue weighted by atomic mass is 16.5. The van der Waals surface area contributed by atoms with Gasteiger partial charge >= 0.3 is 11.9 Å². The highest BCUT2D eigenvalue weighted by molar-refractivity contribution is 6.27. The zero-order chi connectivity index (χ0) is 31.3. The molecule has 10 heteroatoms. The van der Waals surface area contributed by atoms with Crippen LogP contribution in [0.4, 0.5) is 0 Å². The van der Waals surface area contributed by atoms with Crippen molar-refractivity contribution in [2.45, 2.75) is 65.8 Å². The molecule has 2 rings (SSSR count). The molecule has 0 spiro atoms. The second-order valence-electron chi connectivity index (χ2n) is 9.76. The number of hydrogen-bond donors (Lipinski definition) is 3. The van der Waals surface area contributed by atoms with E-state index in [1.54, 1.807) is 12.1 Å². The van der Waals surface area contributed by atoms with Crippen LogP contribution in [0.15, 0.2) is 54.6 Å². The second kappa shape index (κ2) is 20.9. The summed E-state index contributed by atoms with van der Waals surface area (Å²) >= 11 is 0. The molecule has 3 N–H and O–H groups in total. The number of nitrogens with zero attached hydrogens (tertiary/aromatic N) is 2. The number of carbonyl (C=O) groups is 4. The van der Waals surface area contributed by atoms with Crippen molar-refractivity contribution < 1.29 is 34.1 Å². The van der Waals surface area contributed by atoms with E-state index in [0.29, 0.717) is 31.7 Å². The molecule has 1 atom stereocenters. The Balaban J connectivity index is 0.00000132. The van der Waals surface area contributed by atoms with E-state index in [2.05, 4.69) is 37.9 Å². The number of carboxylic acid groups (broad SMARTS) is 2. The van der Waals surface area contributed by atoms with Crippen molar-refractivity contribution in [3.05, 3.63) is 65.7 Å². The number of nitrogens with one attached hydrogen (secondary N) is 1. The summed E-state index contributed by atoms with van der Waals surface area (Å²) in [4.78, 5) is 48.8. The van der Waals surface area contributed by atoms with E-state index in [1.807, 2.05) is 47.4 Å². The number of hydrogen-bond acceptors (Lipinski definition) is 6. The zero-order valence-electron chi connectivity index (χ0n) is 25.4. The Hall–Kier alpha value is -3.92. The first kappa shape index (κ1) is 36.1. The number of amides is 2. The third-order valence-electron chi connectivity index (χ3n) is 6.52. The molecule has 0 aliphatic carbocycles. The van der Waals surface area contributed by atoms with Crippen LogP contribution in [0, 0.1) is 0 Å². The lowest BCUT2D eigenvalue weighted by molar-refractivity contribution is -0.159. The molecule has 10 nitrogen and oxygen atoms in total. The van der Waals surface area contributed by atoms with Crippen molar-refractivity contribution in [2.24, 2.45) is 0 Å². The van der Waals surface area contributed by atoms with Crippen molar-refractivity contribution in [3.8, 4) is 5.75 Å². The van der Waals surface area contributed by atoms with Gasteiger partial charge in [-0.15, -0.1) is 0 Å². The maximum atomic E-state index is 13.4. The van der Waals surface area contributed by atoms with Crippen LogP contribution in [0.25, 0.3) is 0 Å². The molecule has 0 fully saturated rings. The van der Waals surface area contributed by atoms with Crippen LogP contribution in [0.5, 0.6) is 5.75 Å². The summed E-state index contributed by atoms with van der Waals surface area (Å²) in [5.74, 6) is -3.08. The van der Waals surface area contributed by atoms with Crippen LogP contribution >= 0.6 is 0 Å². The molecule has 2 amide bonds. The van der Waals surface area contributed by atoms with E-state index < -0.39 is 18.0 Å². The van der Waals surface area contributed by atoms with Gasteiger partial charge in [0.05, 0.1) is 6.61 Å². The molecular weight excluding hydrogens is 538 g/mol. The maximum absolute atomic E-state index is 13.4. The average Bonchev–Trinajstić information content (AvgIpc) is 2.99. The Labute approximate surface area is 249 Å². The fourth-order valence-electron chi connectivity index (χ4n) is 4.25. The SMILES string of the molecule is CCCN(CCC)C(=O)C(Cc1ccc(OCCCCN(CC)CC)cc1)NC(=O)c1ccccc1.O=C(O)C(=O)O. The largest absolute Gasteiger partial charge is 0.494 e. The van der Waals surface area contributed by atoms with Crippen molar-refractivity contribution in [1.82, 2.24) is 15.1 Å². The summed E-state index contributed by atoms with van der Waals surface area (Å²) in [6.45, 7) is 13.9. The molecule has 0 aliphatic heterocycles. The van der Waals surface area contributed by atoms with Crippen LogP contribution in [-0.4, -0.2) is 89.1 Å². The smallest absolute Gasteiger partial charge is 0.414 e. The van der Waals surface area contributed by atoms with E-state index in [0.717, 1.165) is 56.6 Å². The van der Waals surface area contributed by atoms with Crippen molar-refractivity contribution in [2.75, 3.05) is 39.3 Å². The van der Waals surface area contributed by atoms with Gasteiger partial charge < -0.3 is 30.1 Å². The van der Waals surface area contributed by atoms with Crippen molar-refractivity contribution >= 4 is 23.8 Å². The molecule has 2 aromatic rings. The molecule has 0 aromatic heterocycles. The summed E-state index contributed by atoms with van der Waals surface area (Å²) in [6.07, 6.45) is 4.34. The van der Waals surface area contributed by atoms with Crippen molar-refractivity contribution in [1.29, 1.82) is 0 Å². The fourth-order valence-corrected chi connectivity index (χ4v) is 4.25. The molecule has 42 heavy (non-hydrogen) atoms. The topological polar surface area (TPSA) is 136 Å². The number of carboxylic acids is 2. The van der Waals surface area contributed by atoms with Gasteiger partial charge in [-0.25, -0.2) is 9.59 Å². The van der Waals surface area contributed by atoms with E-state index >= 15 is 0 Å². The molecule has 0 bridgehead atoms. The summed E-state index contributed by atoms with van der Waals surface area (Å²) < 4.78 is 5.92. The van der Waals surface area contributed by atoms with Gasteiger partial charge in [-0.3, -0.25) is 9.59 Å². The molecule has 232 valence electrons. The first-order valence-electron chi connectivity index (χ1n) is 14.7. The van der Waals surface area contributed by atoms with E-state index in [9.17, 15) is 9.59 Å². The minimum atomic E-state index is -1.82. The predicted molar refractivity (Wildman–Crippen MR) is 163 cm³/mol. The highest BCUT2D eigenvalue weighted by Gasteiger charge is 2.26. The molecule has 1 unspecified atom stereocenters. The van der Waals surface area contributed by atoms with Crippen LogP contribution in [0.2, 0.25) is 0 Å². The molecule has 0 aliphatic rings. The first-order valence-corrected chi connectivity index (χ1v) is 14.7. The summed E-state index contributed by atoms with van der Waals surface area (Å²) in [5, 5.41) is 17.8. The van der Waals surface area contributed by atoms with Gasteiger partial charge in [-0.2, -0.15) is 0 Å². The van der Waals surface area contributed by atoms with Crippen molar-refractivity contribution in [3.63, 3.8) is 0 Å². The van der Waals surface area contributed by atoms with E-state index in [-0.39, 0.29) is 11.8 Å². The van der Waals surface area contributed by atoms with Gasteiger partial charge in [0.1, 0.15) is 11.8 Å². The van der Waals surface area contributed by atoms with Crippen LogP contribution < -0.4 is 10.1 Å². The van der Waals surface area contributed by atoms with E-state index in [1.165, 1.54) is 0 Å². The molecule has 2 aromatic carbocycles. The van der Waals surface area contributed by atoms with Crippen LogP contribution in [0.3, 0.4) is 0 Å². The fraction of sp³-hybridized carbons (Fsp3) is 0.500. The third kappa shape index (κ3) is 14.1. The zero-order valence-corrected chi connectivity index (χ0v) is 25.4. The van der Waals surface area contributed by atoms with Crippen LogP contribution in [-0.2, 0) is 20.8 Å². The van der Waals surface area contributed by atoms with E-state index in [4.69, 9.17) is 24.5 Å². The minimum Gasteiger partial charge on any atom is -0.494 e. The molecular formula is C32H47N3O7. The Morgan fingerprint density at radius 3 is 1.86 bits per heavy atom. The first-order chi connectivity index (χ1) is 20.2. The number of rotatable bonds is 17. The summed E-state index contributed by atoms with van der Waals surface area (Å²) in [7, 11) is 0. The standard InChI is InChI=1S/C30H45N3O3.C2H2O4/c1-5-20-33(21-6-2)30(35)28(31-29(34)26-14-10-9-11-15-26)24-25-16-18-27(19-17-25)36-23-13-12-22-32(7-3)8-4;3-1(4)2(5)6/h9-11,14-19,28H,5-8,12-13,20-24H2,1-4H3,(H,31,34);(H,3,4)(H,5,6). The lowest BCUT2D eigenvalue weighted by Gasteiger charge is -2.27. The monoisotopic (exact) mass is 585 g/mol. The Morgan fingerprint density at radius 2 is 1.36 bits per heavy atom. The molecule has 0 radical (unpaired) electrons. The summed E-state index contributed by atoms with van der Waals surface area (Å²) in [6, 6.07) is 16.3. The highest BCUT2D eigenvalue weighted by Crippen LogP contribution is 2.16. The van der Waals surface area contributed by atoms with Gasteiger partial charge in [-0.1, -0.05) is 58.0 Å². The number of carbonyl (C=O) groups excluding carboxylic acids is 2. The Bertz CT molecular complexity index is 1060.